The predicted octanol–water partition coefficient (Wildman–Crippen LogP) is 4.36. The molecule has 0 aromatic heterocycles. The summed E-state index contributed by atoms with van der Waals surface area (Å²) in [5.74, 6) is 3.66. The average molecular weight is 235 g/mol. The summed E-state index contributed by atoms with van der Waals surface area (Å²) in [5.41, 5.74) is 0.984. The fraction of sp³-hybridized carbons (Fsp3) is 1.00. The Balaban J connectivity index is 2.45. The van der Waals surface area contributed by atoms with E-state index in [1.54, 1.807) is 0 Å². The van der Waals surface area contributed by atoms with Gasteiger partial charge in [-0.15, -0.1) is 20.2 Å². The Labute approximate surface area is 96.0 Å². The molecule has 0 N–H and O–H groups in total. The molecule has 0 amide bonds. The third-order valence-electron chi connectivity index (χ3n) is 3.52. The average Bonchev–Trinajstić information content (AvgIpc) is 2.14. The lowest BCUT2D eigenvalue weighted by Gasteiger charge is -2.37. The normalized spacial score (nSPS) is 34.5. The highest BCUT2D eigenvalue weighted by molar-refractivity contribution is 7.39. The van der Waals surface area contributed by atoms with Gasteiger partial charge in [-0.1, -0.05) is 27.2 Å². The third-order valence-corrected chi connectivity index (χ3v) is 5.76. The van der Waals surface area contributed by atoms with Gasteiger partial charge in [0.05, 0.1) is 0 Å². The Morgan fingerprint density at radius 1 is 1.36 bits per heavy atom. The van der Waals surface area contributed by atoms with E-state index in [0.29, 0.717) is 0 Å². The number of rotatable bonds is 4. The van der Waals surface area contributed by atoms with Crippen molar-refractivity contribution in [1.82, 2.24) is 0 Å². The Kier molecular flexibility index (Phi) is 5.79. The lowest BCUT2D eigenvalue weighted by molar-refractivity contribution is 0.242. The summed E-state index contributed by atoms with van der Waals surface area (Å²) >= 11 is 5.79. The summed E-state index contributed by atoms with van der Waals surface area (Å²) in [5, 5.41) is 0. The quantitative estimate of drug-likeness (QED) is 0.501. The zero-order valence-electron chi connectivity index (χ0n) is 9.72. The molecule has 0 nitrogen and oxygen atoms in total. The second-order valence-electron chi connectivity index (χ2n) is 5.08. The smallest absolute Gasteiger partial charge is 0.0260 e. The van der Waals surface area contributed by atoms with Crippen molar-refractivity contribution in [3.8, 4) is 0 Å². The van der Waals surface area contributed by atoms with Crippen LogP contribution >= 0.6 is 20.2 Å². The molecular weight excluding hydrogens is 211 g/mol. The minimum Gasteiger partial charge on any atom is -0.126 e. The molecule has 0 spiro atoms. The van der Waals surface area contributed by atoms with Gasteiger partial charge in [0.25, 0.3) is 0 Å². The molecule has 1 saturated carbocycles. The van der Waals surface area contributed by atoms with Crippen LogP contribution in [0.3, 0.4) is 0 Å². The van der Waals surface area contributed by atoms with Crippen LogP contribution in [-0.4, -0.2) is 17.7 Å². The zero-order valence-corrected chi connectivity index (χ0v) is 11.5. The van der Waals surface area contributed by atoms with Gasteiger partial charge < -0.3 is 0 Å². The number of hydrogen-bond acceptors (Lipinski definition) is 0. The minimum absolute atomic E-state index is 0.855. The van der Waals surface area contributed by atoms with Crippen molar-refractivity contribution < 1.29 is 0 Å². The minimum atomic E-state index is 0.855. The first-order valence-corrected chi connectivity index (χ1v) is 7.76. The van der Waals surface area contributed by atoms with Crippen molar-refractivity contribution in [2.75, 3.05) is 12.0 Å². The largest absolute Gasteiger partial charge is 0.126 e. The first kappa shape index (κ1) is 12.8. The summed E-state index contributed by atoms with van der Waals surface area (Å²) in [7, 11) is 1.11. The molecule has 0 saturated heterocycles. The van der Waals surface area contributed by atoms with Crippen LogP contribution < -0.4 is 0 Å². The molecule has 1 aliphatic carbocycles. The van der Waals surface area contributed by atoms with Gasteiger partial charge in [-0.25, -0.2) is 0 Å². The molecule has 0 bridgehead atoms. The van der Waals surface area contributed by atoms with Gasteiger partial charge >= 0.3 is 0 Å². The van der Waals surface area contributed by atoms with Gasteiger partial charge in [0.1, 0.15) is 0 Å². The second kappa shape index (κ2) is 6.33. The third kappa shape index (κ3) is 3.70. The van der Waals surface area contributed by atoms with Crippen LogP contribution in [0.1, 0.15) is 40.0 Å². The standard InChI is InChI=1S/C12H24ClP/c1-9(2)11-5-4-10(3)8-12(11)14-7-6-13/h9-12,14H,4-8H2,1-3H3. The first-order chi connectivity index (χ1) is 6.65. The van der Waals surface area contributed by atoms with E-state index in [1.807, 2.05) is 0 Å². The second-order valence-corrected chi connectivity index (χ2v) is 7.10. The molecule has 14 heavy (non-hydrogen) atoms. The van der Waals surface area contributed by atoms with E-state index in [1.165, 1.54) is 25.4 Å². The topological polar surface area (TPSA) is 0 Å². The fourth-order valence-electron chi connectivity index (χ4n) is 2.68. The highest BCUT2D eigenvalue weighted by atomic mass is 35.5. The van der Waals surface area contributed by atoms with Crippen molar-refractivity contribution in [3.05, 3.63) is 0 Å². The monoisotopic (exact) mass is 234 g/mol. The highest BCUT2D eigenvalue weighted by Gasteiger charge is 2.29. The maximum Gasteiger partial charge on any atom is 0.0260 e. The lowest BCUT2D eigenvalue weighted by atomic mass is 9.77. The molecule has 1 fully saturated rings. The van der Waals surface area contributed by atoms with Crippen molar-refractivity contribution >= 4 is 20.2 Å². The van der Waals surface area contributed by atoms with Crippen LogP contribution in [0.15, 0.2) is 0 Å². The van der Waals surface area contributed by atoms with Gasteiger partial charge in [-0.05, 0) is 42.4 Å². The molecule has 0 aromatic carbocycles. The number of hydrogen-bond donors (Lipinski definition) is 0. The summed E-state index contributed by atoms with van der Waals surface area (Å²) < 4.78 is 0. The van der Waals surface area contributed by atoms with Crippen molar-refractivity contribution in [2.45, 2.75) is 45.7 Å². The summed E-state index contributed by atoms with van der Waals surface area (Å²) in [4.78, 5) is 0. The molecule has 1 rings (SSSR count). The van der Waals surface area contributed by atoms with Crippen LogP contribution in [0.25, 0.3) is 0 Å². The van der Waals surface area contributed by atoms with Gasteiger partial charge in [0, 0.05) is 5.88 Å². The van der Waals surface area contributed by atoms with E-state index in [4.69, 9.17) is 11.6 Å². The SMILES string of the molecule is CC1CCC(C(C)C)C(PCCCl)C1. The summed E-state index contributed by atoms with van der Waals surface area (Å²) in [6.07, 6.45) is 5.60. The molecule has 0 aromatic rings. The van der Waals surface area contributed by atoms with Crippen LogP contribution in [0.5, 0.6) is 0 Å². The Morgan fingerprint density at radius 2 is 2.07 bits per heavy atom. The molecule has 4 atom stereocenters. The molecule has 84 valence electrons. The summed E-state index contributed by atoms with van der Waals surface area (Å²) in [6.45, 7) is 7.19. The molecular formula is C12H24ClP. The van der Waals surface area contributed by atoms with Crippen LogP contribution in [0.4, 0.5) is 0 Å². The van der Waals surface area contributed by atoms with Gasteiger partial charge in [-0.2, -0.15) is 0 Å². The molecule has 4 unspecified atom stereocenters. The Hall–Kier alpha value is 0.720. The van der Waals surface area contributed by atoms with E-state index in [2.05, 4.69) is 20.8 Å². The van der Waals surface area contributed by atoms with Crippen molar-refractivity contribution in [1.29, 1.82) is 0 Å². The van der Waals surface area contributed by atoms with Crippen molar-refractivity contribution in [3.63, 3.8) is 0 Å². The molecule has 0 radical (unpaired) electrons. The number of halogens is 1. The maximum atomic E-state index is 5.79. The summed E-state index contributed by atoms with van der Waals surface area (Å²) in [6, 6.07) is 0. The zero-order chi connectivity index (χ0) is 10.6. The van der Waals surface area contributed by atoms with E-state index in [0.717, 1.165) is 37.9 Å². The Bertz CT molecular complexity index is 158. The van der Waals surface area contributed by atoms with Crippen molar-refractivity contribution in [2.24, 2.45) is 17.8 Å². The van der Waals surface area contributed by atoms with Crippen LogP contribution in [0.2, 0.25) is 0 Å². The van der Waals surface area contributed by atoms with Crippen LogP contribution in [0, 0.1) is 17.8 Å². The maximum absolute atomic E-state index is 5.79. The van der Waals surface area contributed by atoms with Gasteiger partial charge in [0.2, 0.25) is 0 Å². The molecule has 1 aliphatic rings. The van der Waals surface area contributed by atoms with E-state index < -0.39 is 0 Å². The van der Waals surface area contributed by atoms with E-state index >= 15 is 0 Å². The predicted molar refractivity (Wildman–Crippen MR) is 69.0 cm³/mol. The molecule has 2 heteroatoms. The fourth-order valence-corrected chi connectivity index (χ4v) is 4.91. The van der Waals surface area contributed by atoms with E-state index in [9.17, 15) is 0 Å². The van der Waals surface area contributed by atoms with Gasteiger partial charge in [0.15, 0.2) is 0 Å². The first-order valence-electron chi connectivity index (χ1n) is 5.94. The lowest BCUT2D eigenvalue weighted by Crippen LogP contribution is -2.29. The molecule has 0 heterocycles. The number of alkyl halides is 1. The van der Waals surface area contributed by atoms with Gasteiger partial charge in [-0.3, -0.25) is 0 Å². The van der Waals surface area contributed by atoms with Crippen LogP contribution in [-0.2, 0) is 0 Å². The molecule has 0 aliphatic heterocycles. The highest BCUT2D eigenvalue weighted by Crippen LogP contribution is 2.42. The van der Waals surface area contributed by atoms with E-state index in [-0.39, 0.29) is 0 Å². The Morgan fingerprint density at radius 3 is 2.64 bits per heavy atom.